The molecule has 0 spiro atoms. The first-order chi connectivity index (χ1) is 14.7. The number of carbonyl (C=O) groups is 1. The van der Waals surface area contributed by atoms with Crippen molar-refractivity contribution in [3.63, 3.8) is 0 Å². The highest BCUT2D eigenvalue weighted by atomic mass is 32.1. The van der Waals surface area contributed by atoms with Gasteiger partial charge in [0.25, 0.3) is 5.91 Å². The van der Waals surface area contributed by atoms with E-state index in [0.29, 0.717) is 10.7 Å². The van der Waals surface area contributed by atoms with Crippen molar-refractivity contribution in [2.75, 3.05) is 12.4 Å². The maximum atomic E-state index is 12.8. The van der Waals surface area contributed by atoms with Gasteiger partial charge in [-0.1, -0.05) is 30.3 Å². The zero-order valence-electron chi connectivity index (χ0n) is 16.2. The Morgan fingerprint density at radius 1 is 1.03 bits per heavy atom. The van der Waals surface area contributed by atoms with E-state index < -0.39 is 0 Å². The molecule has 0 aliphatic rings. The van der Waals surface area contributed by atoms with E-state index in [-0.39, 0.29) is 5.91 Å². The minimum atomic E-state index is -0.187. The Bertz CT molecular complexity index is 1350. The summed E-state index contributed by atoms with van der Waals surface area (Å²) >= 11 is 1.48. The first-order valence-electron chi connectivity index (χ1n) is 9.50. The molecule has 0 unspecified atom stereocenters. The zero-order valence-corrected chi connectivity index (χ0v) is 17.0. The molecule has 6 heteroatoms. The summed E-state index contributed by atoms with van der Waals surface area (Å²) in [4.78, 5) is 18.2. The Morgan fingerprint density at radius 3 is 2.67 bits per heavy atom. The number of methoxy groups -OCH3 is 1. The van der Waals surface area contributed by atoms with Gasteiger partial charge in [0.05, 0.1) is 7.11 Å². The second-order valence-electron chi connectivity index (χ2n) is 6.92. The molecule has 5 aromatic rings. The van der Waals surface area contributed by atoms with Crippen molar-refractivity contribution in [3.8, 4) is 5.75 Å². The van der Waals surface area contributed by atoms with Crippen LogP contribution in [-0.2, 0) is 6.42 Å². The van der Waals surface area contributed by atoms with Gasteiger partial charge in [-0.25, -0.2) is 4.98 Å². The van der Waals surface area contributed by atoms with Crippen LogP contribution >= 0.6 is 11.3 Å². The predicted molar refractivity (Wildman–Crippen MR) is 120 cm³/mol. The molecule has 0 aliphatic heterocycles. The number of amides is 1. The normalized spacial score (nSPS) is 11.1. The van der Waals surface area contributed by atoms with Gasteiger partial charge in [0.2, 0.25) is 0 Å². The largest absolute Gasteiger partial charge is 0.497 e. The molecule has 148 valence electrons. The summed E-state index contributed by atoms with van der Waals surface area (Å²) in [5.74, 6) is 0.644. The number of ether oxygens (including phenoxy) is 1. The fourth-order valence-electron chi connectivity index (χ4n) is 3.43. The molecule has 2 heterocycles. The minimum absolute atomic E-state index is 0.187. The number of carbonyl (C=O) groups excluding carboxylic acids is 1. The SMILES string of the molecule is COc1ccc(Cc2cnc(NC(=O)c3ccc4oc5ccccc5c4c3)s2)cc1. The van der Waals surface area contributed by atoms with Crippen LogP contribution in [0.1, 0.15) is 20.8 Å². The van der Waals surface area contributed by atoms with E-state index in [1.807, 2.05) is 60.7 Å². The van der Waals surface area contributed by atoms with Crippen molar-refractivity contribution in [1.82, 2.24) is 4.98 Å². The highest BCUT2D eigenvalue weighted by Gasteiger charge is 2.13. The second kappa shape index (κ2) is 7.65. The predicted octanol–water partition coefficient (Wildman–Crippen LogP) is 5.89. The summed E-state index contributed by atoms with van der Waals surface area (Å²) in [5, 5.41) is 5.42. The molecule has 0 aliphatic carbocycles. The van der Waals surface area contributed by atoms with Crippen molar-refractivity contribution in [3.05, 3.63) is 88.9 Å². The van der Waals surface area contributed by atoms with Crippen LogP contribution in [0.25, 0.3) is 21.9 Å². The van der Waals surface area contributed by atoms with Gasteiger partial charge in [0, 0.05) is 33.8 Å². The number of para-hydroxylation sites is 1. The quantitative estimate of drug-likeness (QED) is 0.389. The van der Waals surface area contributed by atoms with Crippen LogP contribution in [-0.4, -0.2) is 18.0 Å². The Morgan fingerprint density at radius 2 is 1.83 bits per heavy atom. The van der Waals surface area contributed by atoms with Crippen LogP contribution in [0.2, 0.25) is 0 Å². The molecular formula is C24H18N2O3S. The van der Waals surface area contributed by atoms with Crippen LogP contribution in [0, 0.1) is 0 Å². The van der Waals surface area contributed by atoms with Gasteiger partial charge in [0.1, 0.15) is 16.9 Å². The lowest BCUT2D eigenvalue weighted by Gasteiger charge is -2.02. The third-order valence-corrected chi connectivity index (χ3v) is 5.86. The number of nitrogens with one attached hydrogen (secondary N) is 1. The lowest BCUT2D eigenvalue weighted by Crippen LogP contribution is -2.11. The average molecular weight is 414 g/mol. The van der Waals surface area contributed by atoms with Crippen LogP contribution in [0.4, 0.5) is 5.13 Å². The minimum Gasteiger partial charge on any atom is -0.497 e. The van der Waals surface area contributed by atoms with E-state index >= 15 is 0 Å². The molecule has 0 fully saturated rings. The first kappa shape index (κ1) is 18.4. The number of nitrogens with zero attached hydrogens (tertiary/aromatic N) is 1. The summed E-state index contributed by atoms with van der Waals surface area (Å²) in [6, 6.07) is 21.2. The van der Waals surface area contributed by atoms with Crippen molar-refractivity contribution < 1.29 is 13.9 Å². The number of furan rings is 1. The molecule has 5 rings (SSSR count). The van der Waals surface area contributed by atoms with E-state index in [1.165, 1.54) is 11.3 Å². The topological polar surface area (TPSA) is 64.4 Å². The van der Waals surface area contributed by atoms with Crippen LogP contribution < -0.4 is 10.1 Å². The molecule has 30 heavy (non-hydrogen) atoms. The van der Waals surface area contributed by atoms with Crippen molar-refractivity contribution in [2.45, 2.75) is 6.42 Å². The first-order valence-corrected chi connectivity index (χ1v) is 10.3. The maximum Gasteiger partial charge on any atom is 0.257 e. The summed E-state index contributed by atoms with van der Waals surface area (Å²) in [7, 11) is 1.65. The summed E-state index contributed by atoms with van der Waals surface area (Å²) in [6.07, 6.45) is 2.56. The molecule has 0 saturated heterocycles. The Kier molecular flexibility index (Phi) is 4.69. The van der Waals surface area contributed by atoms with E-state index in [4.69, 9.17) is 9.15 Å². The van der Waals surface area contributed by atoms with Gasteiger partial charge in [-0.2, -0.15) is 0 Å². The molecule has 3 aromatic carbocycles. The van der Waals surface area contributed by atoms with Crippen LogP contribution in [0.5, 0.6) is 5.75 Å². The van der Waals surface area contributed by atoms with E-state index in [2.05, 4.69) is 10.3 Å². The standard InChI is InChI=1S/C24H18N2O3S/c1-28-17-9-6-15(7-10-17)12-18-14-25-24(30-18)26-23(27)16-8-11-22-20(13-16)19-4-2-3-5-21(19)29-22/h2-11,13-14H,12H2,1H3,(H,25,26,27). The third-order valence-electron chi connectivity index (χ3n) is 4.95. The van der Waals surface area contributed by atoms with Gasteiger partial charge in [0.15, 0.2) is 5.13 Å². The average Bonchev–Trinajstić information content (AvgIpc) is 3.37. The Hall–Kier alpha value is -3.64. The number of fused-ring (bicyclic) bond motifs is 3. The lowest BCUT2D eigenvalue weighted by atomic mass is 10.1. The number of hydrogen-bond donors (Lipinski definition) is 1. The monoisotopic (exact) mass is 414 g/mol. The van der Waals surface area contributed by atoms with E-state index in [9.17, 15) is 4.79 Å². The van der Waals surface area contributed by atoms with Crippen LogP contribution in [0.3, 0.4) is 0 Å². The Balaban J connectivity index is 1.33. The smallest absolute Gasteiger partial charge is 0.257 e. The zero-order chi connectivity index (χ0) is 20.5. The molecule has 0 radical (unpaired) electrons. The molecular weight excluding hydrogens is 396 g/mol. The van der Waals surface area contributed by atoms with Crippen molar-refractivity contribution in [2.24, 2.45) is 0 Å². The molecule has 0 saturated carbocycles. The molecule has 5 nitrogen and oxygen atoms in total. The highest BCUT2D eigenvalue weighted by molar-refractivity contribution is 7.15. The fraction of sp³-hybridized carbons (Fsp3) is 0.0833. The second-order valence-corrected chi connectivity index (χ2v) is 8.04. The molecule has 0 bridgehead atoms. The van der Waals surface area contributed by atoms with Gasteiger partial charge in [-0.15, -0.1) is 11.3 Å². The fourth-order valence-corrected chi connectivity index (χ4v) is 4.27. The Labute approximate surface area is 176 Å². The summed E-state index contributed by atoms with van der Waals surface area (Å²) in [6.45, 7) is 0. The van der Waals surface area contributed by atoms with Gasteiger partial charge in [-0.05, 0) is 42.0 Å². The number of rotatable bonds is 5. The van der Waals surface area contributed by atoms with Crippen molar-refractivity contribution >= 4 is 44.3 Å². The number of anilines is 1. The lowest BCUT2D eigenvalue weighted by molar-refractivity contribution is 0.102. The highest BCUT2D eigenvalue weighted by Crippen LogP contribution is 2.29. The van der Waals surface area contributed by atoms with Gasteiger partial charge in [-0.3, -0.25) is 10.1 Å². The maximum absolute atomic E-state index is 12.8. The van der Waals surface area contributed by atoms with E-state index in [1.54, 1.807) is 19.4 Å². The number of aromatic nitrogens is 1. The summed E-state index contributed by atoms with van der Waals surface area (Å²) < 4.78 is 11.0. The third kappa shape index (κ3) is 3.53. The van der Waals surface area contributed by atoms with Crippen molar-refractivity contribution in [1.29, 1.82) is 0 Å². The number of benzene rings is 3. The van der Waals surface area contributed by atoms with Gasteiger partial charge < -0.3 is 9.15 Å². The summed E-state index contributed by atoms with van der Waals surface area (Å²) in [5.41, 5.74) is 3.31. The molecule has 0 atom stereocenters. The van der Waals surface area contributed by atoms with Crippen LogP contribution in [0.15, 0.2) is 77.3 Å². The number of thiazole rings is 1. The molecule has 2 aromatic heterocycles. The van der Waals surface area contributed by atoms with Gasteiger partial charge >= 0.3 is 0 Å². The number of hydrogen-bond acceptors (Lipinski definition) is 5. The molecule has 1 amide bonds. The van der Waals surface area contributed by atoms with E-state index in [0.717, 1.165) is 44.5 Å². The molecule has 1 N–H and O–H groups in total.